The molecule has 0 atom stereocenters. The molecule has 0 saturated carbocycles. The molecule has 1 aromatic rings. The summed E-state index contributed by atoms with van der Waals surface area (Å²) in [6.45, 7) is 6.08. The van der Waals surface area contributed by atoms with Crippen molar-refractivity contribution in [1.82, 2.24) is 14.9 Å². The fraction of sp³-hybridized carbons (Fsp3) is 0.692. The number of hydrogen-bond donors (Lipinski definition) is 1. The van der Waals surface area contributed by atoms with Crippen molar-refractivity contribution in [3.05, 3.63) is 21.6 Å². The van der Waals surface area contributed by atoms with E-state index >= 15 is 0 Å². The Kier molecular flexibility index (Phi) is 4.55. The molecule has 1 fully saturated rings. The van der Waals surface area contributed by atoms with E-state index in [1.54, 1.807) is 7.11 Å². The Morgan fingerprint density at radius 2 is 2.00 bits per heavy atom. The molecule has 0 aliphatic carbocycles. The van der Waals surface area contributed by atoms with Gasteiger partial charge >= 0.3 is 0 Å². The molecule has 1 N–H and O–H groups in total. The van der Waals surface area contributed by atoms with E-state index in [1.807, 2.05) is 6.92 Å². The van der Waals surface area contributed by atoms with Gasteiger partial charge in [0.2, 0.25) is 5.95 Å². The molecule has 0 unspecified atom stereocenters. The number of aromatic nitrogens is 2. The number of hydrogen-bond acceptors (Lipinski definition) is 5. The lowest BCUT2D eigenvalue weighted by Gasteiger charge is -2.32. The van der Waals surface area contributed by atoms with Gasteiger partial charge in [0.15, 0.2) is 0 Å². The topological polar surface area (TPSA) is 61.5 Å². The van der Waals surface area contributed by atoms with Crippen molar-refractivity contribution in [3.8, 4) is 0 Å². The minimum absolute atomic E-state index is 0.0431. The van der Waals surface area contributed by atoms with E-state index in [9.17, 15) is 4.79 Å². The number of methoxy groups -OCH3 is 1. The van der Waals surface area contributed by atoms with Gasteiger partial charge in [-0.3, -0.25) is 9.78 Å². The van der Waals surface area contributed by atoms with Crippen LogP contribution in [-0.2, 0) is 17.8 Å². The van der Waals surface area contributed by atoms with E-state index in [1.165, 1.54) is 0 Å². The molecule has 6 nitrogen and oxygen atoms in total. The van der Waals surface area contributed by atoms with Gasteiger partial charge in [-0.05, 0) is 13.5 Å². The zero-order valence-electron chi connectivity index (χ0n) is 11.9. The highest BCUT2D eigenvalue weighted by atomic mass is 16.5. The molecule has 0 aromatic carbocycles. The van der Waals surface area contributed by atoms with E-state index in [0.29, 0.717) is 19.0 Å². The number of H-pyrrole nitrogens is 1. The van der Waals surface area contributed by atoms with Crippen molar-refractivity contribution in [2.24, 2.45) is 0 Å². The lowest BCUT2D eigenvalue weighted by molar-refractivity contribution is 0.180. The maximum absolute atomic E-state index is 12.1. The van der Waals surface area contributed by atoms with Gasteiger partial charge in [-0.15, -0.1) is 0 Å². The number of aromatic amines is 1. The van der Waals surface area contributed by atoms with Crippen LogP contribution in [0.25, 0.3) is 0 Å². The summed E-state index contributed by atoms with van der Waals surface area (Å²) in [5.41, 5.74) is 1.43. The molecule has 1 aromatic heterocycles. The smallest absolute Gasteiger partial charge is 0.255 e. The number of rotatable bonds is 4. The molecule has 1 aliphatic heterocycles. The Labute approximate surface area is 113 Å². The molecule has 1 saturated heterocycles. The molecular weight excluding hydrogens is 244 g/mol. The summed E-state index contributed by atoms with van der Waals surface area (Å²) < 4.78 is 5.14. The number of anilines is 1. The van der Waals surface area contributed by atoms with Crippen LogP contribution in [-0.4, -0.2) is 55.2 Å². The third kappa shape index (κ3) is 3.13. The van der Waals surface area contributed by atoms with Crippen LogP contribution in [0.5, 0.6) is 0 Å². The first-order valence-corrected chi connectivity index (χ1v) is 6.70. The molecule has 19 heavy (non-hydrogen) atoms. The fourth-order valence-electron chi connectivity index (χ4n) is 2.32. The van der Waals surface area contributed by atoms with Crippen LogP contribution >= 0.6 is 0 Å². The minimum Gasteiger partial charge on any atom is -0.378 e. The second kappa shape index (κ2) is 6.16. The quantitative estimate of drug-likeness (QED) is 0.845. The predicted molar refractivity (Wildman–Crippen MR) is 74.7 cm³/mol. The number of ether oxygens (including phenoxy) is 1. The SMILES string of the molecule is CCc1c(COC)nc(N2CCN(C)CC2)[nH]c1=O. The van der Waals surface area contributed by atoms with E-state index in [4.69, 9.17) is 4.74 Å². The number of piperazine rings is 1. The van der Waals surface area contributed by atoms with Crippen LogP contribution < -0.4 is 10.5 Å². The third-order valence-corrected chi connectivity index (χ3v) is 3.53. The van der Waals surface area contributed by atoms with Gasteiger partial charge in [0, 0.05) is 38.9 Å². The highest BCUT2D eigenvalue weighted by Crippen LogP contribution is 2.12. The zero-order valence-corrected chi connectivity index (χ0v) is 11.9. The van der Waals surface area contributed by atoms with Gasteiger partial charge in [-0.2, -0.15) is 0 Å². The second-order valence-corrected chi connectivity index (χ2v) is 4.89. The van der Waals surface area contributed by atoms with Crippen LogP contribution in [0.1, 0.15) is 18.2 Å². The average molecular weight is 266 g/mol. The molecule has 6 heteroatoms. The maximum atomic E-state index is 12.1. The van der Waals surface area contributed by atoms with Gasteiger partial charge in [0.05, 0.1) is 12.3 Å². The largest absolute Gasteiger partial charge is 0.378 e. The van der Waals surface area contributed by atoms with Gasteiger partial charge in [0.1, 0.15) is 0 Å². The van der Waals surface area contributed by atoms with Gasteiger partial charge in [-0.25, -0.2) is 4.98 Å². The first-order chi connectivity index (χ1) is 9.15. The highest BCUT2D eigenvalue weighted by Gasteiger charge is 2.18. The number of nitrogens with zero attached hydrogens (tertiary/aromatic N) is 3. The molecule has 1 aliphatic rings. The monoisotopic (exact) mass is 266 g/mol. The van der Waals surface area contributed by atoms with Crippen molar-refractivity contribution in [2.75, 3.05) is 45.2 Å². The Morgan fingerprint density at radius 1 is 1.32 bits per heavy atom. The zero-order chi connectivity index (χ0) is 13.8. The van der Waals surface area contributed by atoms with Gasteiger partial charge in [-0.1, -0.05) is 6.92 Å². The van der Waals surface area contributed by atoms with Crippen LogP contribution in [0.2, 0.25) is 0 Å². The van der Waals surface area contributed by atoms with E-state index in [2.05, 4.69) is 26.8 Å². The standard InChI is InChI=1S/C13H22N4O2/c1-4-10-11(9-19-3)14-13(15-12(10)18)17-7-5-16(2)6-8-17/h4-9H2,1-3H3,(H,14,15,18). The Hall–Kier alpha value is -1.40. The number of nitrogens with one attached hydrogen (secondary N) is 1. The molecule has 0 radical (unpaired) electrons. The van der Waals surface area contributed by atoms with Crippen LogP contribution in [0.3, 0.4) is 0 Å². The van der Waals surface area contributed by atoms with Crippen molar-refractivity contribution in [3.63, 3.8) is 0 Å². The second-order valence-electron chi connectivity index (χ2n) is 4.89. The molecule has 0 amide bonds. The molecule has 0 bridgehead atoms. The summed E-state index contributed by atoms with van der Waals surface area (Å²) in [5.74, 6) is 0.669. The summed E-state index contributed by atoms with van der Waals surface area (Å²) in [6.07, 6.45) is 0.671. The lowest BCUT2D eigenvalue weighted by Crippen LogP contribution is -2.45. The first kappa shape index (κ1) is 14.0. The van der Waals surface area contributed by atoms with E-state index < -0.39 is 0 Å². The molecule has 106 valence electrons. The van der Waals surface area contributed by atoms with Crippen LogP contribution in [0.4, 0.5) is 5.95 Å². The van der Waals surface area contributed by atoms with E-state index in [-0.39, 0.29) is 5.56 Å². The summed E-state index contributed by atoms with van der Waals surface area (Å²) >= 11 is 0. The molecule has 2 rings (SSSR count). The van der Waals surface area contributed by atoms with Crippen molar-refractivity contribution >= 4 is 5.95 Å². The van der Waals surface area contributed by atoms with Gasteiger partial charge in [0.25, 0.3) is 5.56 Å². The summed E-state index contributed by atoms with van der Waals surface area (Å²) in [6, 6.07) is 0. The molecule has 2 heterocycles. The predicted octanol–water partition coefficient (Wildman–Crippen LogP) is 0.231. The van der Waals surface area contributed by atoms with Crippen molar-refractivity contribution < 1.29 is 4.74 Å². The van der Waals surface area contributed by atoms with Gasteiger partial charge < -0.3 is 14.5 Å². The Balaban J connectivity index is 2.28. The lowest BCUT2D eigenvalue weighted by atomic mass is 10.2. The third-order valence-electron chi connectivity index (χ3n) is 3.53. The summed E-state index contributed by atoms with van der Waals surface area (Å²) in [4.78, 5) is 23.9. The first-order valence-electron chi connectivity index (χ1n) is 6.70. The highest BCUT2D eigenvalue weighted by molar-refractivity contribution is 5.34. The van der Waals surface area contributed by atoms with Crippen LogP contribution in [0, 0.1) is 0 Å². The maximum Gasteiger partial charge on any atom is 0.255 e. The fourth-order valence-corrected chi connectivity index (χ4v) is 2.32. The number of likely N-dealkylation sites (N-methyl/N-ethyl adjacent to an activating group) is 1. The Bertz CT molecular complexity index is 478. The minimum atomic E-state index is -0.0431. The summed E-state index contributed by atoms with van der Waals surface area (Å²) in [7, 11) is 3.72. The van der Waals surface area contributed by atoms with Crippen molar-refractivity contribution in [2.45, 2.75) is 20.0 Å². The normalized spacial score (nSPS) is 16.9. The molecular formula is C13H22N4O2. The average Bonchev–Trinajstić information content (AvgIpc) is 2.39. The van der Waals surface area contributed by atoms with Crippen LogP contribution in [0.15, 0.2) is 4.79 Å². The summed E-state index contributed by atoms with van der Waals surface area (Å²) in [5, 5.41) is 0. The molecule has 0 spiro atoms. The van der Waals surface area contributed by atoms with E-state index in [0.717, 1.165) is 37.4 Å². The van der Waals surface area contributed by atoms with Crippen molar-refractivity contribution in [1.29, 1.82) is 0 Å². The Morgan fingerprint density at radius 3 is 2.58 bits per heavy atom.